The SMILES string of the molecule is CCOP(=O)(O)C(N)=O.NC(=O)O.O=[P+](O)O. The Morgan fingerprint density at radius 3 is 1.65 bits per heavy atom. The molecule has 102 valence electrons. The lowest BCUT2D eigenvalue weighted by molar-refractivity contribution is 0.205. The molecule has 0 rings (SSSR count). The Bertz CT molecular complexity index is 285. The fraction of sp³-hybridized carbons (Fsp3) is 0.500. The molecule has 0 aromatic carbocycles. The Kier molecular flexibility index (Phi) is 14.2. The third kappa shape index (κ3) is 31.3. The summed E-state index contributed by atoms with van der Waals surface area (Å²) in [4.78, 5) is 41.5. The number of carbonyl (C=O) groups excluding carboxylic acids is 1. The van der Waals surface area contributed by atoms with Crippen molar-refractivity contribution in [3.05, 3.63) is 0 Å². The monoisotopic (exact) mass is 295 g/mol. The fourth-order valence-electron chi connectivity index (χ4n) is 0.239. The van der Waals surface area contributed by atoms with Crippen molar-refractivity contribution in [1.82, 2.24) is 0 Å². The lowest BCUT2D eigenvalue weighted by atomic mass is 10.9. The van der Waals surface area contributed by atoms with E-state index < -0.39 is 27.6 Å². The predicted molar refractivity (Wildman–Crippen MR) is 55.3 cm³/mol. The molecule has 0 aromatic heterocycles. The maximum Gasteiger partial charge on any atom is 0.692 e. The summed E-state index contributed by atoms with van der Waals surface area (Å²) in [6.45, 7) is 1.49. The van der Waals surface area contributed by atoms with Gasteiger partial charge in [-0.25, -0.2) is 9.36 Å². The molecule has 8 N–H and O–H groups in total. The van der Waals surface area contributed by atoms with Crippen LogP contribution in [0.15, 0.2) is 0 Å². The zero-order valence-corrected chi connectivity index (χ0v) is 10.4. The largest absolute Gasteiger partial charge is 0.692 e. The van der Waals surface area contributed by atoms with Gasteiger partial charge in [0.15, 0.2) is 0 Å². The van der Waals surface area contributed by atoms with Crippen molar-refractivity contribution in [2.75, 3.05) is 6.61 Å². The van der Waals surface area contributed by atoms with Crippen molar-refractivity contribution in [2.24, 2.45) is 11.5 Å². The van der Waals surface area contributed by atoms with E-state index in [1.54, 1.807) is 0 Å². The molecule has 0 spiro atoms. The second kappa shape index (κ2) is 11.4. The zero-order valence-electron chi connectivity index (χ0n) is 8.59. The lowest BCUT2D eigenvalue weighted by Crippen LogP contribution is -2.10. The topological polar surface area (TPSA) is 210 Å². The minimum atomic E-state index is -4.13. The first kappa shape index (κ1) is 21.2. The smallest absolute Gasteiger partial charge is 0.465 e. The minimum Gasteiger partial charge on any atom is -0.465 e. The van der Waals surface area contributed by atoms with Crippen LogP contribution in [0.2, 0.25) is 0 Å². The Balaban J connectivity index is -0.000000205. The van der Waals surface area contributed by atoms with E-state index in [9.17, 15) is 9.36 Å². The molecule has 0 aliphatic carbocycles. The van der Waals surface area contributed by atoms with E-state index in [0.717, 1.165) is 0 Å². The van der Waals surface area contributed by atoms with Crippen LogP contribution in [-0.4, -0.2) is 38.1 Å². The molecule has 2 amide bonds. The summed E-state index contributed by atoms with van der Waals surface area (Å²) in [5.74, 6) is 0. The molecule has 0 saturated heterocycles. The Morgan fingerprint density at radius 1 is 1.35 bits per heavy atom. The Hall–Kier alpha value is -1.09. The third-order valence-corrected chi connectivity index (χ3v) is 1.75. The van der Waals surface area contributed by atoms with Crippen LogP contribution in [0.4, 0.5) is 9.59 Å². The molecule has 0 fully saturated rings. The summed E-state index contributed by atoms with van der Waals surface area (Å²) in [7, 11) is -7.00. The van der Waals surface area contributed by atoms with E-state index in [2.05, 4.69) is 16.0 Å². The summed E-state index contributed by atoms with van der Waals surface area (Å²) >= 11 is 0. The van der Waals surface area contributed by atoms with Crippen molar-refractivity contribution in [3.8, 4) is 0 Å². The molecule has 17 heavy (non-hydrogen) atoms. The number of rotatable bonds is 3. The molecule has 13 heteroatoms. The van der Waals surface area contributed by atoms with E-state index in [-0.39, 0.29) is 6.61 Å². The van der Waals surface area contributed by atoms with Crippen LogP contribution in [0.3, 0.4) is 0 Å². The van der Waals surface area contributed by atoms with Crippen LogP contribution in [-0.2, 0) is 13.7 Å². The normalized spacial score (nSPS) is 11.8. The van der Waals surface area contributed by atoms with Gasteiger partial charge in [0.25, 0.3) is 0 Å². The molecule has 1 atom stereocenters. The highest BCUT2D eigenvalue weighted by Crippen LogP contribution is 2.40. The molecule has 0 radical (unpaired) electrons. The molecule has 0 aromatic rings. The molecule has 11 nitrogen and oxygen atoms in total. The maximum atomic E-state index is 10.4. The molecule has 0 aliphatic rings. The van der Waals surface area contributed by atoms with Crippen LogP contribution >= 0.6 is 15.9 Å². The molecular weight excluding hydrogens is 282 g/mol. The van der Waals surface area contributed by atoms with Gasteiger partial charge in [-0.2, -0.15) is 0 Å². The van der Waals surface area contributed by atoms with Gasteiger partial charge in [0, 0.05) is 4.57 Å². The van der Waals surface area contributed by atoms with E-state index in [4.69, 9.17) is 29.1 Å². The summed E-state index contributed by atoms with van der Waals surface area (Å²) in [5, 5.41) is 7.19. The second-order valence-corrected chi connectivity index (χ2v) is 4.11. The molecular formula is C4H13N2O9P2+. The van der Waals surface area contributed by atoms with Gasteiger partial charge in [-0.05, 0) is 6.92 Å². The van der Waals surface area contributed by atoms with Crippen LogP contribution < -0.4 is 11.5 Å². The molecule has 1 unspecified atom stereocenters. The van der Waals surface area contributed by atoms with E-state index in [0.29, 0.717) is 0 Å². The van der Waals surface area contributed by atoms with Crippen molar-refractivity contribution < 1.29 is 43.0 Å². The number of hydrogen-bond donors (Lipinski definition) is 6. The molecule has 0 saturated carbocycles. The van der Waals surface area contributed by atoms with Crippen molar-refractivity contribution in [2.45, 2.75) is 6.92 Å². The van der Waals surface area contributed by atoms with E-state index in [1.165, 1.54) is 6.92 Å². The molecule has 0 bridgehead atoms. The standard InChI is InChI=1S/C3H8NO4P.CH3NO2.HO3P/c1-2-8-9(6,7)3(4)5;2-1(3)4;1-4(2)3/h2H2,1H3,(H2,4,5)(H,6,7);2H2,(H,3,4);(H-,1,2,3)/p+1. The number of hydrogen-bond acceptors (Lipinski definition) is 5. The fourth-order valence-corrected chi connectivity index (χ4v) is 0.716. The van der Waals surface area contributed by atoms with E-state index >= 15 is 0 Å². The van der Waals surface area contributed by atoms with Gasteiger partial charge in [0.2, 0.25) is 0 Å². The lowest BCUT2D eigenvalue weighted by Gasteiger charge is -2.03. The highest BCUT2D eigenvalue weighted by Gasteiger charge is 2.26. The highest BCUT2D eigenvalue weighted by atomic mass is 31.2. The first-order chi connectivity index (χ1) is 7.47. The van der Waals surface area contributed by atoms with Crippen LogP contribution in [0.1, 0.15) is 6.92 Å². The van der Waals surface area contributed by atoms with Gasteiger partial charge < -0.3 is 26.0 Å². The molecule has 0 heterocycles. The van der Waals surface area contributed by atoms with Gasteiger partial charge in [-0.3, -0.25) is 4.79 Å². The summed E-state index contributed by atoms with van der Waals surface area (Å²) in [6, 6.07) is 0. The summed E-state index contributed by atoms with van der Waals surface area (Å²) in [5.41, 5.74) is 7.19. The predicted octanol–water partition coefficient (Wildman–Crippen LogP) is -0.461. The van der Waals surface area contributed by atoms with Gasteiger partial charge >= 0.3 is 27.6 Å². The average molecular weight is 295 g/mol. The van der Waals surface area contributed by atoms with Gasteiger partial charge in [-0.15, -0.1) is 9.79 Å². The van der Waals surface area contributed by atoms with Crippen LogP contribution in [0, 0.1) is 0 Å². The first-order valence-electron chi connectivity index (χ1n) is 3.58. The van der Waals surface area contributed by atoms with Gasteiger partial charge in [0.1, 0.15) is 0 Å². The Morgan fingerprint density at radius 2 is 1.59 bits per heavy atom. The van der Waals surface area contributed by atoms with Crippen LogP contribution in [0.5, 0.6) is 0 Å². The number of nitrogens with two attached hydrogens (primary N) is 2. The van der Waals surface area contributed by atoms with Crippen molar-refractivity contribution >= 4 is 27.6 Å². The van der Waals surface area contributed by atoms with E-state index in [1.807, 2.05) is 0 Å². The summed E-state index contributed by atoms with van der Waals surface area (Å²) < 4.78 is 23.2. The average Bonchev–Trinajstić information content (AvgIpc) is 2.00. The summed E-state index contributed by atoms with van der Waals surface area (Å²) in [6.07, 6.45) is -1.33. The van der Waals surface area contributed by atoms with Gasteiger partial charge in [-0.1, -0.05) is 0 Å². The van der Waals surface area contributed by atoms with Gasteiger partial charge in [0.05, 0.1) is 6.61 Å². The third-order valence-electron chi connectivity index (χ3n) is 0.583. The number of carbonyl (C=O) groups is 2. The quantitative estimate of drug-likeness (QED) is 0.371. The van der Waals surface area contributed by atoms with Crippen LogP contribution in [0.25, 0.3) is 0 Å². The first-order valence-corrected chi connectivity index (χ1v) is 6.32. The maximum absolute atomic E-state index is 10.4. The highest BCUT2D eigenvalue weighted by molar-refractivity contribution is 7.70. The Labute approximate surface area is 96.5 Å². The minimum absolute atomic E-state index is 0.00326. The zero-order chi connectivity index (χ0) is 14.6. The number of primary amides is 2. The second-order valence-electron chi connectivity index (χ2n) is 1.87. The van der Waals surface area contributed by atoms with Crippen molar-refractivity contribution in [3.63, 3.8) is 0 Å². The number of carboxylic acid groups (broad SMARTS) is 1. The molecule has 0 aliphatic heterocycles. The number of amides is 2. The van der Waals surface area contributed by atoms with Crippen molar-refractivity contribution in [1.29, 1.82) is 0 Å².